The molecule has 0 atom stereocenters. The van der Waals surface area contributed by atoms with Crippen LogP contribution < -0.4 is 16.0 Å². The topological polar surface area (TPSA) is 71.2 Å². The molecule has 0 radical (unpaired) electrons. The van der Waals surface area contributed by atoms with Crippen LogP contribution in [0.1, 0.15) is 0 Å². The van der Waals surface area contributed by atoms with Crippen molar-refractivity contribution in [1.29, 1.82) is 0 Å². The zero-order valence-corrected chi connectivity index (χ0v) is 10.7. The van der Waals surface area contributed by atoms with E-state index in [0.29, 0.717) is 5.82 Å². The van der Waals surface area contributed by atoms with Crippen molar-refractivity contribution in [1.82, 2.24) is 4.98 Å². The van der Waals surface area contributed by atoms with Crippen molar-refractivity contribution in [3.63, 3.8) is 0 Å². The van der Waals surface area contributed by atoms with E-state index in [1.54, 1.807) is 12.3 Å². The second kappa shape index (κ2) is 5.97. The fraction of sp³-hybridized carbons (Fsp3) is 0.143. The molecule has 0 aliphatic carbocycles. The summed E-state index contributed by atoms with van der Waals surface area (Å²) in [6.45, 7) is -0.0483. The van der Waals surface area contributed by atoms with Gasteiger partial charge in [0.1, 0.15) is 5.82 Å². The molecular formula is C14H16N4O. The van der Waals surface area contributed by atoms with Gasteiger partial charge in [0.25, 0.3) is 0 Å². The molecule has 3 N–H and O–H groups in total. The smallest absolute Gasteiger partial charge is 0.239 e. The highest BCUT2D eigenvalue weighted by Gasteiger charge is 2.05. The Kier molecular flexibility index (Phi) is 4.10. The van der Waals surface area contributed by atoms with Gasteiger partial charge in [0.2, 0.25) is 5.91 Å². The monoisotopic (exact) mass is 256 g/mol. The number of anilines is 3. The van der Waals surface area contributed by atoms with E-state index >= 15 is 0 Å². The number of nitrogens with one attached hydrogen (secondary N) is 1. The van der Waals surface area contributed by atoms with Gasteiger partial charge in [-0.2, -0.15) is 0 Å². The predicted molar refractivity (Wildman–Crippen MR) is 76.4 cm³/mol. The van der Waals surface area contributed by atoms with Crippen LogP contribution in [0.5, 0.6) is 0 Å². The van der Waals surface area contributed by atoms with Crippen LogP contribution in [0.2, 0.25) is 0 Å². The third-order valence-corrected chi connectivity index (χ3v) is 2.73. The Labute approximate surface area is 112 Å². The zero-order valence-electron chi connectivity index (χ0n) is 10.7. The highest BCUT2D eigenvalue weighted by molar-refractivity contribution is 5.91. The number of carbonyl (C=O) groups excluding carboxylic acids is 1. The maximum atomic E-state index is 11.1. The lowest BCUT2D eigenvalue weighted by Gasteiger charge is -2.19. The van der Waals surface area contributed by atoms with Crippen LogP contribution in [0.15, 0.2) is 48.7 Å². The minimum absolute atomic E-state index is 0.0483. The van der Waals surface area contributed by atoms with E-state index in [-0.39, 0.29) is 12.5 Å². The van der Waals surface area contributed by atoms with E-state index in [1.807, 2.05) is 48.3 Å². The number of amides is 1. The minimum atomic E-state index is -0.253. The number of hydrogen-bond acceptors (Lipinski definition) is 4. The Bertz CT molecular complexity index is 539. The molecular weight excluding hydrogens is 240 g/mol. The fourth-order valence-electron chi connectivity index (χ4n) is 1.65. The highest BCUT2D eigenvalue weighted by atomic mass is 16.1. The summed E-state index contributed by atoms with van der Waals surface area (Å²) in [6, 6.07) is 13.6. The van der Waals surface area contributed by atoms with E-state index in [1.165, 1.54) is 0 Å². The van der Waals surface area contributed by atoms with Crippen LogP contribution in [-0.4, -0.2) is 24.5 Å². The molecule has 0 aliphatic heterocycles. The van der Waals surface area contributed by atoms with E-state index in [2.05, 4.69) is 10.3 Å². The first-order valence-corrected chi connectivity index (χ1v) is 5.95. The Balaban J connectivity index is 2.12. The van der Waals surface area contributed by atoms with Crippen molar-refractivity contribution in [2.24, 2.45) is 5.73 Å². The molecule has 1 heterocycles. The standard InChI is InChI=1S/C14H16N4O/c1-18(11-5-3-2-4-6-11)12-7-8-13(16-10-12)17-14(19)9-15/h2-8,10H,9,15H2,1H3,(H,16,17,19). The van der Waals surface area contributed by atoms with Gasteiger partial charge < -0.3 is 16.0 Å². The van der Waals surface area contributed by atoms with Crippen LogP contribution >= 0.6 is 0 Å². The molecule has 5 heteroatoms. The molecule has 0 unspecified atom stereocenters. The summed E-state index contributed by atoms with van der Waals surface area (Å²) in [4.78, 5) is 17.3. The van der Waals surface area contributed by atoms with Gasteiger partial charge in [0.05, 0.1) is 18.4 Å². The van der Waals surface area contributed by atoms with Crippen molar-refractivity contribution in [3.05, 3.63) is 48.7 Å². The minimum Gasteiger partial charge on any atom is -0.343 e. The molecule has 0 fully saturated rings. The molecule has 0 saturated carbocycles. The number of aromatic nitrogens is 1. The van der Waals surface area contributed by atoms with Gasteiger partial charge >= 0.3 is 0 Å². The summed E-state index contributed by atoms with van der Waals surface area (Å²) in [7, 11) is 1.96. The number of rotatable bonds is 4. The number of nitrogens with zero attached hydrogens (tertiary/aromatic N) is 2. The maximum Gasteiger partial charge on any atom is 0.239 e. The average molecular weight is 256 g/mol. The molecule has 5 nitrogen and oxygen atoms in total. The molecule has 1 aromatic heterocycles. The lowest BCUT2D eigenvalue weighted by molar-refractivity contribution is -0.114. The first-order valence-electron chi connectivity index (χ1n) is 5.95. The largest absolute Gasteiger partial charge is 0.343 e. The van der Waals surface area contributed by atoms with Crippen LogP contribution in [0.4, 0.5) is 17.2 Å². The summed E-state index contributed by atoms with van der Waals surface area (Å²) in [5.74, 6) is 0.248. The van der Waals surface area contributed by atoms with Gasteiger partial charge in [0.15, 0.2) is 0 Å². The van der Waals surface area contributed by atoms with Crippen LogP contribution in [0.25, 0.3) is 0 Å². The number of para-hydroxylation sites is 1. The fourth-order valence-corrected chi connectivity index (χ4v) is 1.65. The Morgan fingerprint density at radius 3 is 2.53 bits per heavy atom. The first-order chi connectivity index (χ1) is 9.20. The van der Waals surface area contributed by atoms with E-state index in [4.69, 9.17) is 5.73 Å². The lowest BCUT2D eigenvalue weighted by atomic mass is 10.2. The first kappa shape index (κ1) is 13.0. The van der Waals surface area contributed by atoms with Crippen LogP contribution in [-0.2, 0) is 4.79 Å². The van der Waals surface area contributed by atoms with Crippen LogP contribution in [0.3, 0.4) is 0 Å². The SMILES string of the molecule is CN(c1ccccc1)c1ccc(NC(=O)CN)nc1. The molecule has 0 bridgehead atoms. The Hall–Kier alpha value is -2.40. The lowest BCUT2D eigenvalue weighted by Crippen LogP contribution is -2.22. The van der Waals surface area contributed by atoms with Gasteiger partial charge in [-0.25, -0.2) is 4.98 Å². The van der Waals surface area contributed by atoms with Crippen molar-refractivity contribution in [2.75, 3.05) is 23.8 Å². The Morgan fingerprint density at radius 2 is 1.95 bits per heavy atom. The van der Waals surface area contributed by atoms with E-state index in [0.717, 1.165) is 11.4 Å². The molecule has 2 rings (SSSR count). The van der Waals surface area contributed by atoms with Gasteiger partial charge in [-0.1, -0.05) is 18.2 Å². The molecule has 1 amide bonds. The third kappa shape index (κ3) is 3.29. The van der Waals surface area contributed by atoms with Crippen molar-refractivity contribution < 1.29 is 4.79 Å². The maximum absolute atomic E-state index is 11.1. The normalized spacial score (nSPS) is 10.0. The molecule has 98 valence electrons. The quantitative estimate of drug-likeness (QED) is 0.874. The second-order valence-electron chi connectivity index (χ2n) is 4.05. The summed E-state index contributed by atoms with van der Waals surface area (Å²) in [5.41, 5.74) is 7.24. The van der Waals surface area contributed by atoms with E-state index in [9.17, 15) is 4.79 Å². The summed E-state index contributed by atoms with van der Waals surface area (Å²) in [6.07, 6.45) is 1.71. The van der Waals surface area contributed by atoms with Crippen LogP contribution in [0, 0.1) is 0 Å². The summed E-state index contributed by atoms with van der Waals surface area (Å²) >= 11 is 0. The van der Waals surface area contributed by atoms with Crippen molar-refractivity contribution in [3.8, 4) is 0 Å². The summed E-state index contributed by atoms with van der Waals surface area (Å²) in [5, 5.41) is 2.60. The molecule has 0 spiro atoms. The molecule has 19 heavy (non-hydrogen) atoms. The Morgan fingerprint density at radius 1 is 1.21 bits per heavy atom. The zero-order chi connectivity index (χ0) is 13.7. The summed E-state index contributed by atoms with van der Waals surface area (Å²) < 4.78 is 0. The van der Waals surface area contributed by atoms with Crippen molar-refractivity contribution >= 4 is 23.1 Å². The number of benzene rings is 1. The highest BCUT2D eigenvalue weighted by Crippen LogP contribution is 2.22. The van der Waals surface area contributed by atoms with E-state index < -0.39 is 0 Å². The third-order valence-electron chi connectivity index (χ3n) is 2.73. The number of nitrogens with two attached hydrogens (primary N) is 1. The van der Waals surface area contributed by atoms with Gasteiger partial charge in [-0.15, -0.1) is 0 Å². The predicted octanol–water partition coefficient (Wildman–Crippen LogP) is 1.75. The number of pyridine rings is 1. The number of hydrogen-bond donors (Lipinski definition) is 2. The molecule has 2 aromatic rings. The number of carbonyl (C=O) groups is 1. The molecule has 0 aliphatic rings. The van der Waals surface area contributed by atoms with Gasteiger partial charge in [-0.05, 0) is 24.3 Å². The molecule has 1 aromatic carbocycles. The molecule has 0 saturated heterocycles. The van der Waals surface area contributed by atoms with Gasteiger partial charge in [-0.3, -0.25) is 4.79 Å². The average Bonchev–Trinajstić information content (AvgIpc) is 2.48. The van der Waals surface area contributed by atoms with Crippen molar-refractivity contribution in [2.45, 2.75) is 0 Å². The van der Waals surface area contributed by atoms with Gasteiger partial charge in [0, 0.05) is 12.7 Å². The second-order valence-corrected chi connectivity index (χ2v) is 4.05.